The molecule has 1 fully saturated rings. The van der Waals surface area contributed by atoms with Crippen LogP contribution in [0.15, 0.2) is 0 Å². The fraction of sp³-hybridized carbons (Fsp3) is 0.800. The van der Waals surface area contributed by atoms with E-state index >= 15 is 0 Å². The van der Waals surface area contributed by atoms with Crippen LogP contribution >= 0.6 is 0 Å². The average Bonchev–Trinajstić information content (AvgIpc) is 2.58. The second-order valence-electron chi connectivity index (χ2n) is 4.58. The summed E-state index contributed by atoms with van der Waals surface area (Å²) in [7, 11) is 0. The topological polar surface area (TPSA) is 67.6 Å². The molecule has 1 aliphatic carbocycles. The Morgan fingerprint density at radius 1 is 1.43 bits per heavy atom. The summed E-state index contributed by atoms with van der Waals surface area (Å²) in [4.78, 5) is 4.34. The molecule has 0 radical (unpaired) electrons. The maximum Gasteiger partial charge on any atom is 0.170 e. The van der Waals surface area contributed by atoms with Crippen molar-refractivity contribution >= 4 is 0 Å². The van der Waals surface area contributed by atoms with Crippen molar-refractivity contribution < 1.29 is 0 Å². The number of nitrogens with two attached hydrogens (primary N) is 1. The summed E-state index contributed by atoms with van der Waals surface area (Å²) in [5.74, 6) is 2.44. The molecule has 14 heavy (non-hydrogen) atoms. The third kappa shape index (κ3) is 1.66. The molecule has 0 aliphatic heterocycles. The molecule has 1 aliphatic rings. The van der Waals surface area contributed by atoms with Crippen molar-refractivity contribution in [3.8, 4) is 0 Å². The average molecular weight is 194 g/mol. The Bertz CT molecular complexity index is 310. The number of H-pyrrole nitrogens is 1. The smallest absolute Gasteiger partial charge is 0.170 e. The lowest BCUT2D eigenvalue weighted by molar-refractivity contribution is 0.237. The highest BCUT2D eigenvalue weighted by atomic mass is 15.2. The maximum atomic E-state index is 6.31. The lowest BCUT2D eigenvalue weighted by Crippen LogP contribution is -2.41. The van der Waals surface area contributed by atoms with Crippen LogP contribution in [0.1, 0.15) is 44.3 Å². The Hall–Kier alpha value is -0.900. The van der Waals surface area contributed by atoms with Gasteiger partial charge in [-0.15, -0.1) is 0 Å². The first-order valence-corrected chi connectivity index (χ1v) is 5.28. The van der Waals surface area contributed by atoms with Crippen molar-refractivity contribution in [3.05, 3.63) is 11.6 Å². The number of rotatable bonds is 1. The third-order valence-electron chi connectivity index (χ3n) is 3.21. The van der Waals surface area contributed by atoms with Crippen molar-refractivity contribution in [1.82, 2.24) is 15.2 Å². The summed E-state index contributed by atoms with van der Waals surface area (Å²) < 4.78 is 0. The molecule has 0 atom stereocenters. The highest BCUT2D eigenvalue weighted by molar-refractivity contribution is 5.06. The van der Waals surface area contributed by atoms with Gasteiger partial charge in [0.25, 0.3) is 0 Å². The molecule has 0 bridgehead atoms. The predicted molar refractivity (Wildman–Crippen MR) is 54.6 cm³/mol. The summed E-state index contributed by atoms with van der Waals surface area (Å²) in [5.41, 5.74) is 6.03. The van der Waals surface area contributed by atoms with Crippen LogP contribution in [0.2, 0.25) is 0 Å². The van der Waals surface area contributed by atoms with E-state index in [0.29, 0.717) is 0 Å². The summed E-state index contributed by atoms with van der Waals surface area (Å²) in [6, 6.07) is 0. The summed E-state index contributed by atoms with van der Waals surface area (Å²) in [6.07, 6.45) is 4.38. The van der Waals surface area contributed by atoms with Gasteiger partial charge in [0, 0.05) is 0 Å². The van der Waals surface area contributed by atoms with Gasteiger partial charge >= 0.3 is 0 Å². The zero-order chi connectivity index (χ0) is 10.2. The van der Waals surface area contributed by atoms with Crippen LogP contribution in [0.3, 0.4) is 0 Å². The molecule has 4 nitrogen and oxygen atoms in total. The van der Waals surface area contributed by atoms with Crippen molar-refractivity contribution in [2.45, 2.75) is 45.1 Å². The van der Waals surface area contributed by atoms with E-state index in [-0.39, 0.29) is 5.54 Å². The van der Waals surface area contributed by atoms with Gasteiger partial charge in [-0.05, 0) is 38.5 Å². The molecule has 0 amide bonds. The molecule has 1 heterocycles. The van der Waals surface area contributed by atoms with Gasteiger partial charge in [-0.1, -0.05) is 6.92 Å². The van der Waals surface area contributed by atoms with Crippen LogP contribution < -0.4 is 5.73 Å². The Morgan fingerprint density at radius 3 is 2.57 bits per heavy atom. The van der Waals surface area contributed by atoms with E-state index in [9.17, 15) is 0 Å². The molecule has 3 N–H and O–H groups in total. The molecule has 0 saturated heterocycles. The van der Waals surface area contributed by atoms with E-state index in [1.165, 1.54) is 12.8 Å². The fourth-order valence-electron chi connectivity index (χ4n) is 2.07. The molecule has 2 rings (SSSR count). The third-order valence-corrected chi connectivity index (χ3v) is 3.21. The molecule has 1 aromatic rings. The number of hydrogen-bond donors (Lipinski definition) is 2. The van der Waals surface area contributed by atoms with Crippen LogP contribution in [0, 0.1) is 12.8 Å². The lowest BCUT2D eigenvalue weighted by Gasteiger charge is -2.33. The molecule has 0 spiro atoms. The normalized spacial score (nSPS) is 33.2. The Morgan fingerprint density at radius 2 is 2.07 bits per heavy atom. The molecule has 0 aromatic carbocycles. The summed E-state index contributed by atoms with van der Waals surface area (Å²) >= 11 is 0. The lowest BCUT2D eigenvalue weighted by atomic mass is 9.77. The highest BCUT2D eigenvalue weighted by Gasteiger charge is 2.35. The van der Waals surface area contributed by atoms with E-state index in [0.717, 1.165) is 30.4 Å². The van der Waals surface area contributed by atoms with Gasteiger partial charge in [0.2, 0.25) is 0 Å². The molecule has 0 unspecified atom stereocenters. The van der Waals surface area contributed by atoms with E-state index in [1.807, 2.05) is 6.92 Å². The second kappa shape index (κ2) is 3.35. The molecule has 1 aromatic heterocycles. The van der Waals surface area contributed by atoms with Crippen LogP contribution in [-0.2, 0) is 5.54 Å². The highest BCUT2D eigenvalue weighted by Crippen LogP contribution is 2.35. The minimum Gasteiger partial charge on any atom is -0.319 e. The van der Waals surface area contributed by atoms with Crippen LogP contribution in [0.4, 0.5) is 0 Å². The van der Waals surface area contributed by atoms with Crippen molar-refractivity contribution in [2.24, 2.45) is 11.7 Å². The van der Waals surface area contributed by atoms with Crippen LogP contribution in [0.25, 0.3) is 0 Å². The van der Waals surface area contributed by atoms with Crippen LogP contribution in [-0.4, -0.2) is 15.2 Å². The Balaban J connectivity index is 2.16. The Labute approximate surface area is 84.3 Å². The minimum absolute atomic E-state index is 0.280. The van der Waals surface area contributed by atoms with Gasteiger partial charge in [-0.2, -0.15) is 5.10 Å². The van der Waals surface area contributed by atoms with Crippen molar-refractivity contribution in [3.63, 3.8) is 0 Å². The van der Waals surface area contributed by atoms with Gasteiger partial charge in [0.05, 0.1) is 5.54 Å². The number of nitrogens with one attached hydrogen (secondary N) is 1. The van der Waals surface area contributed by atoms with Gasteiger partial charge in [0.1, 0.15) is 5.82 Å². The standard InChI is InChI=1S/C10H18N4/c1-7-3-5-10(11,6-4-7)9-12-8(2)13-14-9/h7H,3-6,11H2,1-2H3,(H,12,13,14). The van der Waals surface area contributed by atoms with Gasteiger partial charge in [0.15, 0.2) is 5.82 Å². The van der Waals surface area contributed by atoms with Crippen molar-refractivity contribution in [2.75, 3.05) is 0 Å². The SMILES string of the molecule is Cc1nc(C2(N)CCC(C)CC2)n[nH]1. The summed E-state index contributed by atoms with van der Waals surface area (Å²) in [5, 5.41) is 7.04. The monoisotopic (exact) mass is 194 g/mol. The summed E-state index contributed by atoms with van der Waals surface area (Å²) in [6.45, 7) is 4.19. The quantitative estimate of drug-likeness (QED) is 0.711. The fourth-order valence-corrected chi connectivity index (χ4v) is 2.07. The van der Waals surface area contributed by atoms with Gasteiger partial charge < -0.3 is 5.73 Å². The maximum absolute atomic E-state index is 6.31. The van der Waals surface area contributed by atoms with E-state index < -0.39 is 0 Å². The number of aromatic amines is 1. The second-order valence-corrected chi connectivity index (χ2v) is 4.58. The van der Waals surface area contributed by atoms with E-state index in [2.05, 4.69) is 22.1 Å². The van der Waals surface area contributed by atoms with E-state index in [1.54, 1.807) is 0 Å². The Kier molecular flexibility index (Phi) is 2.31. The largest absolute Gasteiger partial charge is 0.319 e. The van der Waals surface area contributed by atoms with Crippen molar-refractivity contribution in [1.29, 1.82) is 0 Å². The van der Waals surface area contributed by atoms with E-state index in [4.69, 9.17) is 5.73 Å². The molecular weight excluding hydrogens is 176 g/mol. The number of aryl methyl sites for hydroxylation is 1. The molecule has 4 heteroatoms. The van der Waals surface area contributed by atoms with Gasteiger partial charge in [-0.25, -0.2) is 4.98 Å². The first-order chi connectivity index (χ1) is 6.60. The predicted octanol–water partition coefficient (Wildman–Crippen LogP) is 1.48. The zero-order valence-electron chi connectivity index (χ0n) is 8.88. The zero-order valence-corrected chi connectivity index (χ0v) is 8.88. The number of hydrogen-bond acceptors (Lipinski definition) is 3. The first-order valence-electron chi connectivity index (χ1n) is 5.28. The van der Waals surface area contributed by atoms with Crippen LogP contribution in [0.5, 0.6) is 0 Å². The number of aromatic nitrogens is 3. The minimum atomic E-state index is -0.280. The number of nitrogens with zero attached hydrogens (tertiary/aromatic N) is 2. The molecular formula is C10H18N4. The molecule has 1 saturated carbocycles. The first kappa shape index (κ1) is 9.65. The van der Waals surface area contributed by atoms with Gasteiger partial charge in [-0.3, -0.25) is 5.10 Å². The molecule has 78 valence electrons.